The first-order chi connectivity index (χ1) is 8.66. The molecule has 1 aromatic carbocycles. The summed E-state index contributed by atoms with van der Waals surface area (Å²) in [7, 11) is 0. The second kappa shape index (κ2) is 6.07. The lowest BCUT2D eigenvalue weighted by Gasteiger charge is -2.25. The Balaban J connectivity index is 1.88. The van der Waals surface area contributed by atoms with Gasteiger partial charge in [-0.15, -0.1) is 0 Å². The van der Waals surface area contributed by atoms with Crippen LogP contribution < -0.4 is 4.74 Å². The van der Waals surface area contributed by atoms with Gasteiger partial charge in [0.25, 0.3) is 5.91 Å². The molecule has 98 valence electrons. The highest BCUT2D eigenvalue weighted by molar-refractivity contribution is 6.30. The number of halogens is 1. The van der Waals surface area contributed by atoms with Crippen LogP contribution in [0.25, 0.3) is 0 Å². The fraction of sp³-hybridized carbons (Fsp3) is 0.462. The Labute approximate surface area is 111 Å². The van der Waals surface area contributed by atoms with Gasteiger partial charge < -0.3 is 4.74 Å². The van der Waals surface area contributed by atoms with Crippen molar-refractivity contribution in [1.82, 2.24) is 5.06 Å². The lowest BCUT2D eigenvalue weighted by atomic mass is 10.2. The fourth-order valence-corrected chi connectivity index (χ4v) is 2.01. The molecule has 1 aliphatic rings. The second-order valence-corrected chi connectivity index (χ2v) is 4.67. The zero-order valence-corrected chi connectivity index (χ0v) is 11.1. The Hall–Kier alpha value is -1.26. The van der Waals surface area contributed by atoms with Crippen LogP contribution in [0.2, 0.25) is 5.02 Å². The molecule has 1 aromatic rings. The van der Waals surface area contributed by atoms with Crippen LogP contribution in [-0.4, -0.2) is 30.7 Å². The first kappa shape index (κ1) is 13.2. The van der Waals surface area contributed by atoms with Gasteiger partial charge in [-0.3, -0.25) is 9.63 Å². The van der Waals surface area contributed by atoms with E-state index >= 15 is 0 Å². The first-order valence-corrected chi connectivity index (χ1v) is 6.37. The van der Waals surface area contributed by atoms with Crippen LogP contribution in [0.4, 0.5) is 0 Å². The first-order valence-electron chi connectivity index (χ1n) is 5.99. The molecule has 0 aromatic heterocycles. The van der Waals surface area contributed by atoms with Gasteiger partial charge >= 0.3 is 0 Å². The van der Waals surface area contributed by atoms with E-state index in [4.69, 9.17) is 21.2 Å². The van der Waals surface area contributed by atoms with Crippen LogP contribution in [0.15, 0.2) is 18.2 Å². The Morgan fingerprint density at radius 3 is 3.00 bits per heavy atom. The number of rotatable bonds is 3. The topological polar surface area (TPSA) is 38.8 Å². The maximum atomic E-state index is 11.8. The maximum absolute atomic E-state index is 11.8. The lowest BCUT2D eigenvalue weighted by molar-refractivity contribution is -0.198. The molecule has 1 fully saturated rings. The van der Waals surface area contributed by atoms with E-state index in [9.17, 15) is 4.79 Å². The summed E-state index contributed by atoms with van der Waals surface area (Å²) in [4.78, 5) is 17.1. The molecule has 0 aliphatic carbocycles. The molecule has 1 heterocycles. The standard InChI is InChI=1S/C13H16ClNO3/c1-10-8-11(14)4-5-12(10)17-9-13(16)15-6-2-3-7-18-15/h4-5,8H,2-3,6-7,9H2,1H3. The number of ether oxygens (including phenoxy) is 1. The molecule has 0 bridgehead atoms. The largest absolute Gasteiger partial charge is 0.483 e. The number of aryl methyl sites for hydroxylation is 1. The highest BCUT2D eigenvalue weighted by Gasteiger charge is 2.18. The zero-order valence-electron chi connectivity index (χ0n) is 10.3. The lowest BCUT2D eigenvalue weighted by Crippen LogP contribution is -2.38. The van der Waals surface area contributed by atoms with Crippen molar-refractivity contribution in [3.8, 4) is 5.75 Å². The van der Waals surface area contributed by atoms with Crippen molar-refractivity contribution in [1.29, 1.82) is 0 Å². The third-order valence-electron chi connectivity index (χ3n) is 2.77. The minimum absolute atomic E-state index is 0.0114. The van der Waals surface area contributed by atoms with E-state index in [0.717, 1.165) is 18.4 Å². The number of hydroxylamine groups is 2. The van der Waals surface area contributed by atoms with Gasteiger partial charge in [0.15, 0.2) is 6.61 Å². The van der Waals surface area contributed by atoms with Gasteiger partial charge in [-0.05, 0) is 43.5 Å². The van der Waals surface area contributed by atoms with Crippen molar-refractivity contribution < 1.29 is 14.4 Å². The fourth-order valence-electron chi connectivity index (χ4n) is 1.78. The number of carbonyl (C=O) groups excluding carboxylic acids is 1. The van der Waals surface area contributed by atoms with Crippen molar-refractivity contribution >= 4 is 17.5 Å². The molecule has 5 heteroatoms. The normalized spacial score (nSPS) is 15.6. The summed E-state index contributed by atoms with van der Waals surface area (Å²) >= 11 is 5.85. The highest BCUT2D eigenvalue weighted by atomic mass is 35.5. The molecule has 0 atom stereocenters. The molecule has 0 spiro atoms. The molecular formula is C13H16ClNO3. The van der Waals surface area contributed by atoms with E-state index in [2.05, 4.69) is 0 Å². The maximum Gasteiger partial charge on any atom is 0.283 e. The average Bonchev–Trinajstić information content (AvgIpc) is 2.38. The van der Waals surface area contributed by atoms with Gasteiger partial charge in [-0.25, -0.2) is 5.06 Å². The summed E-state index contributed by atoms with van der Waals surface area (Å²) in [5.74, 6) is 0.522. The molecule has 2 rings (SSSR count). The molecule has 1 amide bonds. The van der Waals surface area contributed by atoms with E-state index in [0.29, 0.717) is 23.9 Å². The second-order valence-electron chi connectivity index (χ2n) is 4.23. The van der Waals surface area contributed by atoms with Crippen LogP contribution >= 0.6 is 11.6 Å². The smallest absolute Gasteiger partial charge is 0.283 e. The van der Waals surface area contributed by atoms with Crippen molar-refractivity contribution in [2.45, 2.75) is 19.8 Å². The van der Waals surface area contributed by atoms with Gasteiger partial charge in [0, 0.05) is 11.6 Å². The van der Waals surface area contributed by atoms with Gasteiger partial charge in [0.2, 0.25) is 0 Å². The molecule has 4 nitrogen and oxygen atoms in total. The molecule has 1 aliphatic heterocycles. The Kier molecular flexibility index (Phi) is 4.44. The number of hydrogen-bond donors (Lipinski definition) is 0. The van der Waals surface area contributed by atoms with Crippen molar-refractivity contribution in [3.05, 3.63) is 28.8 Å². The number of amides is 1. The summed E-state index contributed by atoms with van der Waals surface area (Å²) < 4.78 is 5.48. The number of hydrogen-bond acceptors (Lipinski definition) is 3. The van der Waals surface area contributed by atoms with Crippen LogP contribution in [0.1, 0.15) is 18.4 Å². The zero-order chi connectivity index (χ0) is 13.0. The molecule has 1 saturated heterocycles. The van der Waals surface area contributed by atoms with Gasteiger partial charge in [-0.2, -0.15) is 0 Å². The van der Waals surface area contributed by atoms with Crippen molar-refractivity contribution in [2.24, 2.45) is 0 Å². The minimum atomic E-state index is -0.149. The van der Waals surface area contributed by atoms with E-state index < -0.39 is 0 Å². The number of benzene rings is 1. The van der Waals surface area contributed by atoms with Gasteiger partial charge in [-0.1, -0.05) is 11.6 Å². The third-order valence-corrected chi connectivity index (χ3v) is 3.00. The van der Waals surface area contributed by atoms with E-state index in [1.165, 1.54) is 5.06 Å². The Morgan fingerprint density at radius 1 is 1.50 bits per heavy atom. The van der Waals surface area contributed by atoms with Crippen molar-refractivity contribution in [3.63, 3.8) is 0 Å². The van der Waals surface area contributed by atoms with Crippen LogP contribution in [0, 0.1) is 6.92 Å². The summed E-state index contributed by atoms with van der Waals surface area (Å²) in [5, 5.41) is 2.04. The highest BCUT2D eigenvalue weighted by Crippen LogP contribution is 2.21. The Morgan fingerprint density at radius 2 is 2.33 bits per heavy atom. The van der Waals surface area contributed by atoms with Crippen LogP contribution in [0.5, 0.6) is 5.75 Å². The third kappa shape index (κ3) is 3.37. The predicted molar refractivity (Wildman–Crippen MR) is 68.6 cm³/mol. The van der Waals surface area contributed by atoms with Gasteiger partial charge in [0.1, 0.15) is 5.75 Å². The Bertz CT molecular complexity index is 430. The monoisotopic (exact) mass is 269 g/mol. The quantitative estimate of drug-likeness (QED) is 0.847. The summed E-state index contributed by atoms with van der Waals surface area (Å²) in [6, 6.07) is 5.31. The number of carbonyl (C=O) groups is 1. The summed E-state index contributed by atoms with van der Waals surface area (Å²) in [5.41, 5.74) is 0.912. The molecule has 0 radical (unpaired) electrons. The number of nitrogens with zero attached hydrogens (tertiary/aromatic N) is 1. The average molecular weight is 270 g/mol. The van der Waals surface area contributed by atoms with Crippen LogP contribution in [0.3, 0.4) is 0 Å². The van der Waals surface area contributed by atoms with Crippen molar-refractivity contribution in [2.75, 3.05) is 19.8 Å². The predicted octanol–water partition coefficient (Wildman–Crippen LogP) is 2.58. The van der Waals surface area contributed by atoms with E-state index in [1.54, 1.807) is 18.2 Å². The summed E-state index contributed by atoms with van der Waals surface area (Å²) in [6.07, 6.45) is 1.98. The molecular weight excluding hydrogens is 254 g/mol. The summed E-state index contributed by atoms with van der Waals surface area (Å²) in [6.45, 7) is 3.12. The molecule has 0 N–H and O–H groups in total. The van der Waals surface area contributed by atoms with E-state index in [1.807, 2.05) is 6.92 Å². The van der Waals surface area contributed by atoms with Gasteiger partial charge in [0.05, 0.1) is 6.61 Å². The SMILES string of the molecule is Cc1cc(Cl)ccc1OCC(=O)N1CCCCO1. The van der Waals surface area contributed by atoms with E-state index in [-0.39, 0.29) is 12.5 Å². The minimum Gasteiger partial charge on any atom is -0.483 e. The molecule has 0 unspecified atom stereocenters. The van der Waals surface area contributed by atoms with Crippen LogP contribution in [-0.2, 0) is 9.63 Å². The molecule has 0 saturated carbocycles. The molecule has 18 heavy (non-hydrogen) atoms.